The summed E-state index contributed by atoms with van der Waals surface area (Å²) in [6.07, 6.45) is 3.07. The molecule has 1 rings (SSSR count). The first-order chi connectivity index (χ1) is 6.19. The predicted octanol–water partition coefficient (Wildman–Crippen LogP) is 3.27. The van der Waals surface area contributed by atoms with E-state index >= 15 is 0 Å². The summed E-state index contributed by atoms with van der Waals surface area (Å²) in [5, 5.41) is 10.6. The number of aliphatic hydroxyl groups excluding tert-OH is 1. The zero-order chi connectivity index (χ0) is 9.84. The summed E-state index contributed by atoms with van der Waals surface area (Å²) in [5.41, 5.74) is 0. The fourth-order valence-corrected chi connectivity index (χ4v) is 2.35. The second-order valence-electron chi connectivity index (χ2n) is 3.02. The number of thiazole rings is 1. The van der Waals surface area contributed by atoms with Crippen molar-refractivity contribution in [3.8, 4) is 0 Å². The van der Waals surface area contributed by atoms with Crippen LogP contribution in [0.15, 0.2) is 6.20 Å². The largest absolute Gasteiger partial charge is 0.386 e. The summed E-state index contributed by atoms with van der Waals surface area (Å²) in [4.78, 5) is 4.07. The second kappa shape index (κ2) is 4.94. The third-order valence-electron chi connectivity index (χ3n) is 2.24. The van der Waals surface area contributed by atoms with Gasteiger partial charge in [0.05, 0.1) is 6.20 Å². The van der Waals surface area contributed by atoms with Crippen molar-refractivity contribution in [2.45, 2.75) is 32.8 Å². The van der Waals surface area contributed by atoms with Crippen LogP contribution in [-0.2, 0) is 0 Å². The number of hydrogen-bond acceptors (Lipinski definition) is 3. The van der Waals surface area contributed by atoms with Crippen LogP contribution in [-0.4, -0.2) is 10.1 Å². The van der Waals surface area contributed by atoms with Gasteiger partial charge in [0.1, 0.15) is 15.4 Å². The number of halogens is 1. The molecule has 0 aliphatic carbocycles. The van der Waals surface area contributed by atoms with Gasteiger partial charge >= 0.3 is 0 Å². The van der Waals surface area contributed by atoms with E-state index < -0.39 is 6.10 Å². The van der Waals surface area contributed by atoms with Gasteiger partial charge in [-0.3, -0.25) is 0 Å². The molecular formula is C9H14ClNOS. The lowest BCUT2D eigenvalue weighted by Gasteiger charge is -2.17. The molecule has 0 spiro atoms. The first-order valence-corrected chi connectivity index (χ1v) is 5.67. The number of hydrogen-bond donors (Lipinski definition) is 1. The Bertz CT molecular complexity index is 260. The minimum Gasteiger partial charge on any atom is -0.386 e. The van der Waals surface area contributed by atoms with Gasteiger partial charge in [-0.1, -0.05) is 38.3 Å². The first-order valence-electron chi connectivity index (χ1n) is 4.48. The average molecular weight is 220 g/mol. The lowest BCUT2D eigenvalue weighted by molar-refractivity contribution is 0.103. The van der Waals surface area contributed by atoms with Gasteiger partial charge in [-0.2, -0.15) is 0 Å². The minimum atomic E-state index is -0.451. The Labute approximate surface area is 87.6 Å². The highest BCUT2D eigenvalue weighted by molar-refractivity contribution is 7.15. The molecule has 0 radical (unpaired) electrons. The smallest absolute Gasteiger partial charge is 0.123 e. The first kappa shape index (κ1) is 11.0. The maximum absolute atomic E-state index is 9.88. The van der Waals surface area contributed by atoms with Gasteiger partial charge in [0, 0.05) is 0 Å². The highest BCUT2D eigenvalue weighted by Gasteiger charge is 2.20. The fraction of sp³-hybridized carbons (Fsp3) is 0.667. The maximum Gasteiger partial charge on any atom is 0.123 e. The zero-order valence-electron chi connectivity index (χ0n) is 7.83. The topological polar surface area (TPSA) is 33.1 Å². The fourth-order valence-electron chi connectivity index (χ4n) is 1.34. The van der Waals surface area contributed by atoms with Crippen molar-refractivity contribution in [3.63, 3.8) is 0 Å². The monoisotopic (exact) mass is 219 g/mol. The maximum atomic E-state index is 9.88. The summed E-state index contributed by atoms with van der Waals surface area (Å²) in [7, 11) is 0. The quantitative estimate of drug-likeness (QED) is 0.843. The lowest BCUT2D eigenvalue weighted by atomic mass is 9.97. The van der Waals surface area contributed by atoms with Crippen LogP contribution in [0.3, 0.4) is 0 Å². The van der Waals surface area contributed by atoms with Gasteiger partial charge < -0.3 is 5.11 Å². The molecule has 0 bridgehead atoms. The van der Waals surface area contributed by atoms with E-state index in [9.17, 15) is 5.11 Å². The van der Waals surface area contributed by atoms with Gasteiger partial charge in [-0.25, -0.2) is 4.98 Å². The van der Waals surface area contributed by atoms with Gasteiger partial charge in [-0.05, 0) is 5.92 Å². The highest BCUT2D eigenvalue weighted by Crippen LogP contribution is 2.31. The van der Waals surface area contributed by atoms with Crippen LogP contribution in [0.1, 0.15) is 37.8 Å². The molecule has 1 aromatic rings. The van der Waals surface area contributed by atoms with Crippen molar-refractivity contribution in [2.75, 3.05) is 0 Å². The molecule has 13 heavy (non-hydrogen) atoms. The molecule has 0 saturated heterocycles. The molecule has 0 amide bonds. The third-order valence-corrected chi connectivity index (χ3v) is 3.43. The van der Waals surface area contributed by atoms with Crippen molar-refractivity contribution in [2.24, 2.45) is 5.92 Å². The molecule has 0 fully saturated rings. The molecule has 4 heteroatoms. The molecule has 0 saturated carbocycles. The molecule has 74 valence electrons. The van der Waals surface area contributed by atoms with Crippen molar-refractivity contribution < 1.29 is 5.11 Å². The van der Waals surface area contributed by atoms with E-state index in [-0.39, 0.29) is 0 Å². The van der Waals surface area contributed by atoms with Gasteiger partial charge in [-0.15, -0.1) is 11.3 Å². The molecule has 1 heterocycles. The molecule has 0 aliphatic rings. The Balaban J connectivity index is 2.71. The summed E-state index contributed by atoms with van der Waals surface area (Å²) in [6, 6.07) is 0. The Kier molecular flexibility index (Phi) is 4.16. The molecular weight excluding hydrogens is 206 g/mol. The zero-order valence-corrected chi connectivity index (χ0v) is 9.40. The van der Waals surface area contributed by atoms with Crippen LogP contribution >= 0.6 is 22.9 Å². The highest BCUT2D eigenvalue weighted by atomic mass is 35.5. The van der Waals surface area contributed by atoms with E-state index in [4.69, 9.17) is 11.6 Å². The van der Waals surface area contributed by atoms with Crippen molar-refractivity contribution >= 4 is 22.9 Å². The van der Waals surface area contributed by atoms with E-state index in [1.54, 1.807) is 6.20 Å². The molecule has 1 atom stereocenters. The van der Waals surface area contributed by atoms with Crippen molar-refractivity contribution in [3.05, 3.63) is 15.5 Å². The molecule has 1 N–H and O–H groups in total. The SMILES string of the molecule is CCC(CC)C(O)c1ncc(Cl)s1. The van der Waals surface area contributed by atoms with E-state index in [0.29, 0.717) is 10.3 Å². The van der Waals surface area contributed by atoms with E-state index in [2.05, 4.69) is 18.8 Å². The van der Waals surface area contributed by atoms with Gasteiger partial charge in [0.25, 0.3) is 0 Å². The lowest BCUT2D eigenvalue weighted by Crippen LogP contribution is -2.10. The number of aliphatic hydroxyl groups is 1. The standard InChI is InChI=1S/C9H14ClNOS/c1-3-6(4-2)8(12)9-11-5-7(10)13-9/h5-6,8,12H,3-4H2,1-2H3. The van der Waals surface area contributed by atoms with Crippen LogP contribution in [0.5, 0.6) is 0 Å². The Morgan fingerprint density at radius 1 is 1.54 bits per heavy atom. The predicted molar refractivity (Wildman–Crippen MR) is 56.2 cm³/mol. The van der Waals surface area contributed by atoms with Gasteiger partial charge in [0.15, 0.2) is 0 Å². The number of nitrogens with zero attached hydrogens (tertiary/aromatic N) is 1. The van der Waals surface area contributed by atoms with Crippen molar-refractivity contribution in [1.82, 2.24) is 4.98 Å². The molecule has 2 nitrogen and oxygen atoms in total. The number of aromatic nitrogens is 1. The summed E-state index contributed by atoms with van der Waals surface area (Å²) < 4.78 is 0.639. The van der Waals surface area contributed by atoms with E-state index in [0.717, 1.165) is 17.8 Å². The molecule has 1 unspecified atom stereocenters. The van der Waals surface area contributed by atoms with Gasteiger partial charge in [0.2, 0.25) is 0 Å². The molecule has 0 aromatic carbocycles. The third kappa shape index (κ3) is 2.66. The second-order valence-corrected chi connectivity index (χ2v) is 4.72. The summed E-state index contributed by atoms with van der Waals surface area (Å²) in [6.45, 7) is 4.15. The summed E-state index contributed by atoms with van der Waals surface area (Å²) >= 11 is 7.10. The van der Waals surface area contributed by atoms with E-state index in [1.807, 2.05) is 0 Å². The normalized spacial score (nSPS) is 13.6. The molecule has 0 aliphatic heterocycles. The van der Waals surface area contributed by atoms with Crippen LogP contribution in [0.2, 0.25) is 4.34 Å². The summed E-state index contributed by atoms with van der Waals surface area (Å²) in [5.74, 6) is 0.294. The average Bonchev–Trinajstić information content (AvgIpc) is 2.54. The minimum absolute atomic E-state index is 0.294. The number of rotatable bonds is 4. The van der Waals surface area contributed by atoms with E-state index in [1.165, 1.54) is 11.3 Å². The van der Waals surface area contributed by atoms with Crippen LogP contribution in [0.4, 0.5) is 0 Å². The van der Waals surface area contributed by atoms with Crippen LogP contribution in [0, 0.1) is 5.92 Å². The van der Waals surface area contributed by atoms with Crippen LogP contribution < -0.4 is 0 Å². The van der Waals surface area contributed by atoms with Crippen LogP contribution in [0.25, 0.3) is 0 Å². The molecule has 1 aromatic heterocycles. The Hall–Kier alpha value is -0.120. The Morgan fingerprint density at radius 2 is 2.15 bits per heavy atom. The Morgan fingerprint density at radius 3 is 2.54 bits per heavy atom. The van der Waals surface area contributed by atoms with Crippen molar-refractivity contribution in [1.29, 1.82) is 0 Å².